The Bertz CT molecular complexity index is 707. The van der Waals surface area contributed by atoms with Crippen LogP contribution in [0.25, 0.3) is 11.4 Å². The van der Waals surface area contributed by atoms with E-state index in [0.717, 1.165) is 36.8 Å². The van der Waals surface area contributed by atoms with E-state index in [9.17, 15) is 4.79 Å². The minimum Gasteiger partial charge on any atom is -0.355 e. The molecule has 1 aliphatic carbocycles. The molecular formula is C18H23N5O. The summed E-state index contributed by atoms with van der Waals surface area (Å²) < 4.78 is 2.16. The number of rotatable bonds is 5. The van der Waals surface area contributed by atoms with E-state index in [1.807, 2.05) is 18.2 Å². The molecule has 6 nitrogen and oxygen atoms in total. The molecule has 24 heavy (non-hydrogen) atoms. The second-order valence-electron chi connectivity index (χ2n) is 6.77. The second kappa shape index (κ2) is 6.73. The zero-order chi connectivity index (χ0) is 16.4. The van der Waals surface area contributed by atoms with Crippen molar-refractivity contribution in [2.24, 2.45) is 5.92 Å². The van der Waals surface area contributed by atoms with Crippen LogP contribution < -0.4 is 5.32 Å². The molecule has 126 valence electrons. The van der Waals surface area contributed by atoms with Crippen LogP contribution in [0.2, 0.25) is 0 Å². The Morgan fingerprint density at radius 2 is 2.00 bits per heavy atom. The van der Waals surface area contributed by atoms with Crippen LogP contribution in [0.1, 0.15) is 25.1 Å². The number of amides is 1. The molecular weight excluding hydrogens is 302 g/mol. The first-order valence-electron chi connectivity index (χ1n) is 8.76. The number of benzene rings is 1. The van der Waals surface area contributed by atoms with E-state index >= 15 is 0 Å². The van der Waals surface area contributed by atoms with Gasteiger partial charge in [-0.2, -0.15) is 0 Å². The lowest BCUT2D eigenvalue weighted by atomic mass is 9.85. The van der Waals surface area contributed by atoms with Crippen molar-refractivity contribution in [1.82, 2.24) is 25.0 Å². The first-order chi connectivity index (χ1) is 11.8. The average Bonchev–Trinajstić information content (AvgIpc) is 2.97. The fraction of sp³-hybridized carbons (Fsp3) is 0.500. The molecule has 1 saturated carbocycles. The van der Waals surface area contributed by atoms with E-state index in [4.69, 9.17) is 0 Å². The minimum absolute atomic E-state index is 0.123. The molecule has 0 spiro atoms. The number of nitrogens with zero attached hydrogens (tertiary/aromatic N) is 4. The van der Waals surface area contributed by atoms with Crippen LogP contribution in [0, 0.1) is 5.92 Å². The SMILES string of the molecule is O=C(CN1CCn2c(nnc2-c2ccccc2)C1)NCC1CCC1. The Labute approximate surface area is 141 Å². The summed E-state index contributed by atoms with van der Waals surface area (Å²) in [5, 5.41) is 11.7. The van der Waals surface area contributed by atoms with Crippen LogP contribution in [-0.2, 0) is 17.9 Å². The molecule has 0 saturated heterocycles. The summed E-state index contributed by atoms with van der Waals surface area (Å²) in [5.74, 6) is 2.68. The van der Waals surface area contributed by atoms with Gasteiger partial charge in [-0.1, -0.05) is 36.8 Å². The summed E-state index contributed by atoms with van der Waals surface area (Å²) in [6, 6.07) is 10.1. The molecule has 0 radical (unpaired) electrons. The lowest BCUT2D eigenvalue weighted by Crippen LogP contribution is -2.43. The first kappa shape index (κ1) is 15.3. The normalized spacial score (nSPS) is 18.0. The van der Waals surface area contributed by atoms with Crippen molar-refractivity contribution in [2.75, 3.05) is 19.6 Å². The maximum Gasteiger partial charge on any atom is 0.234 e. The summed E-state index contributed by atoms with van der Waals surface area (Å²) in [4.78, 5) is 14.2. The molecule has 1 fully saturated rings. The van der Waals surface area contributed by atoms with Crippen LogP contribution in [0.4, 0.5) is 0 Å². The highest BCUT2D eigenvalue weighted by molar-refractivity contribution is 5.78. The van der Waals surface area contributed by atoms with Gasteiger partial charge in [0.1, 0.15) is 5.82 Å². The highest BCUT2D eigenvalue weighted by Crippen LogP contribution is 2.25. The Kier molecular flexibility index (Phi) is 4.30. The van der Waals surface area contributed by atoms with Gasteiger partial charge in [0.2, 0.25) is 5.91 Å². The van der Waals surface area contributed by atoms with Crippen molar-refractivity contribution in [2.45, 2.75) is 32.4 Å². The third-order valence-corrected chi connectivity index (χ3v) is 5.04. The van der Waals surface area contributed by atoms with E-state index in [0.29, 0.717) is 19.0 Å². The molecule has 2 aliphatic rings. The Balaban J connectivity index is 1.36. The van der Waals surface area contributed by atoms with Gasteiger partial charge in [0, 0.05) is 25.2 Å². The topological polar surface area (TPSA) is 63.1 Å². The third-order valence-electron chi connectivity index (χ3n) is 5.04. The molecule has 4 rings (SSSR count). The Morgan fingerprint density at radius 1 is 1.17 bits per heavy atom. The fourth-order valence-corrected chi connectivity index (χ4v) is 3.36. The maximum atomic E-state index is 12.1. The van der Waals surface area contributed by atoms with Gasteiger partial charge in [0.15, 0.2) is 5.82 Å². The zero-order valence-corrected chi connectivity index (χ0v) is 13.8. The van der Waals surface area contributed by atoms with Gasteiger partial charge in [-0.3, -0.25) is 9.69 Å². The second-order valence-corrected chi connectivity index (χ2v) is 6.77. The van der Waals surface area contributed by atoms with Gasteiger partial charge < -0.3 is 9.88 Å². The van der Waals surface area contributed by atoms with Gasteiger partial charge >= 0.3 is 0 Å². The van der Waals surface area contributed by atoms with E-state index in [-0.39, 0.29) is 5.91 Å². The number of hydrogen-bond donors (Lipinski definition) is 1. The zero-order valence-electron chi connectivity index (χ0n) is 13.8. The average molecular weight is 325 g/mol. The largest absolute Gasteiger partial charge is 0.355 e. The van der Waals surface area contributed by atoms with Crippen molar-refractivity contribution in [3.8, 4) is 11.4 Å². The van der Waals surface area contributed by atoms with E-state index < -0.39 is 0 Å². The van der Waals surface area contributed by atoms with Gasteiger partial charge in [-0.15, -0.1) is 10.2 Å². The van der Waals surface area contributed by atoms with Crippen molar-refractivity contribution in [1.29, 1.82) is 0 Å². The van der Waals surface area contributed by atoms with Crippen molar-refractivity contribution < 1.29 is 4.79 Å². The van der Waals surface area contributed by atoms with Crippen molar-refractivity contribution in [3.63, 3.8) is 0 Å². The molecule has 0 unspecified atom stereocenters. The predicted octanol–water partition coefficient (Wildman–Crippen LogP) is 1.68. The van der Waals surface area contributed by atoms with Gasteiger partial charge in [0.05, 0.1) is 13.1 Å². The highest BCUT2D eigenvalue weighted by Gasteiger charge is 2.24. The van der Waals surface area contributed by atoms with E-state index in [2.05, 4.69) is 37.1 Å². The maximum absolute atomic E-state index is 12.1. The lowest BCUT2D eigenvalue weighted by Gasteiger charge is -2.28. The number of hydrogen-bond acceptors (Lipinski definition) is 4. The third kappa shape index (κ3) is 3.19. The fourth-order valence-electron chi connectivity index (χ4n) is 3.36. The van der Waals surface area contributed by atoms with Crippen LogP contribution in [0.15, 0.2) is 30.3 Å². The highest BCUT2D eigenvalue weighted by atomic mass is 16.2. The van der Waals surface area contributed by atoms with E-state index in [1.165, 1.54) is 19.3 Å². The number of carbonyl (C=O) groups is 1. The van der Waals surface area contributed by atoms with Crippen LogP contribution in [0.5, 0.6) is 0 Å². The van der Waals surface area contributed by atoms with Crippen LogP contribution in [0.3, 0.4) is 0 Å². The molecule has 1 N–H and O–H groups in total. The summed E-state index contributed by atoms with van der Waals surface area (Å²) in [7, 11) is 0. The Hall–Kier alpha value is -2.21. The summed E-state index contributed by atoms with van der Waals surface area (Å²) in [6.07, 6.45) is 3.83. The minimum atomic E-state index is 0.123. The van der Waals surface area contributed by atoms with Crippen molar-refractivity contribution in [3.05, 3.63) is 36.2 Å². The smallest absolute Gasteiger partial charge is 0.234 e. The van der Waals surface area contributed by atoms with Gasteiger partial charge in [-0.25, -0.2) is 0 Å². The van der Waals surface area contributed by atoms with Crippen LogP contribution in [-0.4, -0.2) is 45.2 Å². The monoisotopic (exact) mass is 325 g/mol. The molecule has 0 bridgehead atoms. The summed E-state index contributed by atoms with van der Waals surface area (Å²) in [5.41, 5.74) is 1.09. The molecule has 1 aromatic heterocycles. The molecule has 1 amide bonds. The van der Waals surface area contributed by atoms with Crippen LogP contribution >= 0.6 is 0 Å². The molecule has 2 aromatic rings. The van der Waals surface area contributed by atoms with E-state index in [1.54, 1.807) is 0 Å². The molecule has 0 atom stereocenters. The molecule has 6 heteroatoms. The van der Waals surface area contributed by atoms with Crippen molar-refractivity contribution >= 4 is 5.91 Å². The quantitative estimate of drug-likeness (QED) is 0.908. The summed E-state index contributed by atoms with van der Waals surface area (Å²) >= 11 is 0. The Morgan fingerprint density at radius 3 is 2.75 bits per heavy atom. The predicted molar refractivity (Wildman–Crippen MR) is 91.1 cm³/mol. The first-order valence-corrected chi connectivity index (χ1v) is 8.76. The molecule has 2 heterocycles. The number of nitrogens with one attached hydrogen (secondary N) is 1. The van der Waals surface area contributed by atoms with Gasteiger partial charge in [-0.05, 0) is 18.8 Å². The summed E-state index contributed by atoms with van der Waals surface area (Å²) in [6.45, 7) is 3.63. The van der Waals surface area contributed by atoms with Gasteiger partial charge in [0.25, 0.3) is 0 Å². The standard InChI is InChI=1S/C18H23N5O/c24-17(19-11-14-5-4-6-14)13-22-9-10-23-16(12-22)20-21-18(23)15-7-2-1-3-8-15/h1-3,7-8,14H,4-6,9-13H2,(H,19,24). The molecule has 1 aromatic carbocycles. The number of fused-ring (bicyclic) bond motifs is 1. The number of aromatic nitrogens is 3. The molecule has 1 aliphatic heterocycles. The lowest BCUT2D eigenvalue weighted by molar-refractivity contribution is -0.122. The number of carbonyl (C=O) groups excluding carboxylic acids is 1.